The fourth-order valence-electron chi connectivity index (χ4n) is 8.69. The van der Waals surface area contributed by atoms with Crippen molar-refractivity contribution >= 4 is 65.6 Å². The molecule has 6 heteroatoms. The van der Waals surface area contributed by atoms with Crippen LogP contribution in [0.1, 0.15) is 0 Å². The quantitative estimate of drug-likeness (QED) is 0.177. The van der Waals surface area contributed by atoms with Gasteiger partial charge in [-0.1, -0.05) is 133 Å². The first kappa shape index (κ1) is 31.5. The predicted octanol–water partition coefficient (Wildman–Crippen LogP) is 13.0. The summed E-state index contributed by atoms with van der Waals surface area (Å²) >= 11 is 0. The summed E-state index contributed by atoms with van der Waals surface area (Å²) < 4.78 is 11.5. The van der Waals surface area contributed by atoms with Crippen LogP contribution in [-0.4, -0.2) is 24.1 Å². The Morgan fingerprint density at radius 2 is 0.930 bits per heavy atom. The predicted molar refractivity (Wildman–Crippen MR) is 232 cm³/mol. The van der Waals surface area contributed by atoms with Gasteiger partial charge >= 0.3 is 0 Å². The van der Waals surface area contributed by atoms with Gasteiger partial charge in [-0.2, -0.15) is 0 Å². The molecule has 0 N–H and O–H groups in total. The van der Waals surface area contributed by atoms with Crippen molar-refractivity contribution in [1.82, 2.24) is 24.1 Å². The minimum absolute atomic E-state index is 0.607. The number of benzene rings is 8. The van der Waals surface area contributed by atoms with E-state index >= 15 is 0 Å². The Bertz CT molecular complexity index is 3400. The van der Waals surface area contributed by atoms with Crippen LogP contribution in [0.3, 0.4) is 0 Å². The molecule has 0 saturated heterocycles. The van der Waals surface area contributed by atoms with Crippen LogP contribution in [0, 0.1) is 0 Å². The maximum absolute atomic E-state index is 6.79. The van der Waals surface area contributed by atoms with E-state index in [0.29, 0.717) is 17.5 Å². The molecule has 0 radical (unpaired) electrons. The number of para-hydroxylation sites is 4. The highest BCUT2D eigenvalue weighted by Crippen LogP contribution is 2.44. The number of aromatic nitrogens is 5. The first-order chi connectivity index (χ1) is 28.3. The molecule has 0 fully saturated rings. The van der Waals surface area contributed by atoms with E-state index in [2.05, 4.69) is 137 Å². The summed E-state index contributed by atoms with van der Waals surface area (Å²) in [5.74, 6) is 1.86. The van der Waals surface area contributed by atoms with Gasteiger partial charge in [0, 0.05) is 55.4 Å². The Balaban J connectivity index is 1.17. The average molecular weight is 730 g/mol. The first-order valence-corrected chi connectivity index (χ1v) is 19.1. The van der Waals surface area contributed by atoms with Crippen LogP contribution in [0.25, 0.3) is 111 Å². The second-order valence-corrected chi connectivity index (χ2v) is 14.4. The zero-order chi connectivity index (χ0) is 37.5. The number of furan rings is 1. The third-order valence-electron chi connectivity index (χ3n) is 11.2. The molecule has 0 atom stereocenters. The van der Waals surface area contributed by atoms with E-state index in [1.54, 1.807) is 0 Å². The Kier molecular flexibility index (Phi) is 6.83. The van der Waals surface area contributed by atoms with Gasteiger partial charge in [0.25, 0.3) is 0 Å². The number of rotatable bonds is 5. The van der Waals surface area contributed by atoms with Crippen LogP contribution < -0.4 is 0 Å². The Labute approximate surface area is 326 Å². The van der Waals surface area contributed by atoms with Crippen LogP contribution in [0.4, 0.5) is 0 Å². The summed E-state index contributed by atoms with van der Waals surface area (Å²) in [5.41, 5.74) is 10.9. The van der Waals surface area contributed by atoms with Gasteiger partial charge in [-0.05, 0) is 48.5 Å². The zero-order valence-electron chi connectivity index (χ0n) is 30.5. The van der Waals surface area contributed by atoms with Gasteiger partial charge in [0.1, 0.15) is 11.2 Å². The molecule has 266 valence electrons. The van der Waals surface area contributed by atoms with E-state index in [1.165, 1.54) is 10.8 Å². The average Bonchev–Trinajstić information content (AvgIpc) is 3.93. The van der Waals surface area contributed by atoms with Crippen molar-refractivity contribution in [3.05, 3.63) is 188 Å². The second kappa shape index (κ2) is 12.3. The fraction of sp³-hybridized carbons (Fsp3) is 0. The molecule has 12 aromatic rings. The molecule has 0 spiro atoms. The van der Waals surface area contributed by atoms with E-state index in [0.717, 1.165) is 82.8 Å². The standard InChI is InChI=1S/C51H31N5O/c1-4-16-32(17-5-1)49-52-50(33-18-6-2-7-19-33)54-51(53-49)38-25-14-24-37-39-30-40-46(31-44(39)55(48(37)38)34-20-8-3-9-21-34)57-45-29-15-28-43(47(40)45)56-41-26-12-10-22-35(41)36-23-11-13-27-42(36)56/h1-31H. The normalized spacial score (nSPS) is 11.9. The highest BCUT2D eigenvalue weighted by molar-refractivity contribution is 6.21. The monoisotopic (exact) mass is 729 g/mol. The Hall–Kier alpha value is -7.83. The minimum Gasteiger partial charge on any atom is -0.456 e. The summed E-state index contributed by atoms with van der Waals surface area (Å²) in [5, 5.41) is 6.80. The number of hydrogen-bond acceptors (Lipinski definition) is 4. The van der Waals surface area contributed by atoms with Crippen LogP contribution in [0.5, 0.6) is 0 Å². The molecule has 57 heavy (non-hydrogen) atoms. The molecule has 4 aromatic heterocycles. The van der Waals surface area contributed by atoms with Gasteiger partial charge in [0.2, 0.25) is 0 Å². The zero-order valence-corrected chi connectivity index (χ0v) is 30.5. The molecule has 12 rings (SSSR count). The maximum atomic E-state index is 6.79. The number of fused-ring (bicyclic) bond motifs is 9. The highest BCUT2D eigenvalue weighted by Gasteiger charge is 2.23. The fourth-order valence-corrected chi connectivity index (χ4v) is 8.69. The SMILES string of the molecule is c1ccc(-c2nc(-c3ccccc3)nc(-c3cccc4c5cc6c(cc5n(-c5ccccc5)c34)oc3cccc(-n4c5ccccc5c5ccccc54)c36)n2)cc1. The van der Waals surface area contributed by atoms with Crippen molar-refractivity contribution in [3.8, 4) is 45.5 Å². The van der Waals surface area contributed by atoms with E-state index < -0.39 is 0 Å². The van der Waals surface area contributed by atoms with Crippen LogP contribution in [0.2, 0.25) is 0 Å². The Morgan fingerprint density at radius 1 is 0.368 bits per heavy atom. The molecular weight excluding hydrogens is 699 g/mol. The van der Waals surface area contributed by atoms with Crippen LogP contribution >= 0.6 is 0 Å². The van der Waals surface area contributed by atoms with Crippen molar-refractivity contribution in [3.63, 3.8) is 0 Å². The van der Waals surface area contributed by atoms with E-state index in [1.807, 2.05) is 60.7 Å². The van der Waals surface area contributed by atoms with Crippen molar-refractivity contribution in [1.29, 1.82) is 0 Å². The molecule has 0 aliphatic rings. The molecule has 0 amide bonds. The van der Waals surface area contributed by atoms with Crippen molar-refractivity contribution in [2.75, 3.05) is 0 Å². The molecule has 8 aromatic carbocycles. The molecule has 0 saturated carbocycles. The van der Waals surface area contributed by atoms with E-state index in [9.17, 15) is 0 Å². The lowest BCUT2D eigenvalue weighted by Crippen LogP contribution is -2.02. The molecule has 6 nitrogen and oxygen atoms in total. The van der Waals surface area contributed by atoms with Crippen molar-refractivity contribution in [2.24, 2.45) is 0 Å². The van der Waals surface area contributed by atoms with Gasteiger partial charge in [-0.3, -0.25) is 0 Å². The van der Waals surface area contributed by atoms with Gasteiger partial charge < -0.3 is 13.6 Å². The van der Waals surface area contributed by atoms with Crippen LogP contribution in [-0.2, 0) is 0 Å². The summed E-state index contributed by atoms with van der Waals surface area (Å²) in [6, 6.07) is 65.4. The highest BCUT2D eigenvalue weighted by atomic mass is 16.3. The summed E-state index contributed by atoms with van der Waals surface area (Å²) in [6.45, 7) is 0. The number of hydrogen-bond donors (Lipinski definition) is 0. The second-order valence-electron chi connectivity index (χ2n) is 14.4. The van der Waals surface area contributed by atoms with Gasteiger partial charge in [0.15, 0.2) is 17.5 Å². The molecule has 0 bridgehead atoms. The van der Waals surface area contributed by atoms with Gasteiger partial charge in [-0.15, -0.1) is 0 Å². The minimum atomic E-state index is 0.607. The third-order valence-corrected chi connectivity index (χ3v) is 11.2. The molecule has 0 aliphatic heterocycles. The van der Waals surface area contributed by atoms with Crippen molar-refractivity contribution < 1.29 is 4.42 Å². The molecule has 4 heterocycles. The Morgan fingerprint density at radius 3 is 1.60 bits per heavy atom. The lowest BCUT2D eigenvalue weighted by atomic mass is 10.0. The van der Waals surface area contributed by atoms with Gasteiger partial charge in [-0.25, -0.2) is 15.0 Å². The van der Waals surface area contributed by atoms with E-state index in [4.69, 9.17) is 19.4 Å². The molecular formula is C51H31N5O. The van der Waals surface area contributed by atoms with Crippen LogP contribution in [0.15, 0.2) is 192 Å². The lowest BCUT2D eigenvalue weighted by Gasteiger charge is -2.12. The maximum Gasteiger partial charge on any atom is 0.166 e. The van der Waals surface area contributed by atoms with Gasteiger partial charge in [0.05, 0.1) is 33.1 Å². The summed E-state index contributed by atoms with van der Waals surface area (Å²) in [4.78, 5) is 15.3. The van der Waals surface area contributed by atoms with E-state index in [-0.39, 0.29) is 0 Å². The number of nitrogens with zero attached hydrogens (tertiary/aromatic N) is 5. The third kappa shape index (κ3) is 4.81. The first-order valence-electron chi connectivity index (χ1n) is 19.1. The molecule has 0 unspecified atom stereocenters. The lowest BCUT2D eigenvalue weighted by molar-refractivity contribution is 0.669. The topological polar surface area (TPSA) is 61.7 Å². The summed E-state index contributed by atoms with van der Waals surface area (Å²) in [6.07, 6.45) is 0. The van der Waals surface area contributed by atoms with Crippen molar-refractivity contribution in [2.45, 2.75) is 0 Å². The summed E-state index contributed by atoms with van der Waals surface area (Å²) in [7, 11) is 0. The smallest absolute Gasteiger partial charge is 0.166 e. The molecule has 0 aliphatic carbocycles. The largest absolute Gasteiger partial charge is 0.456 e.